The molecule has 0 N–H and O–H groups in total. The van der Waals surface area contributed by atoms with Crippen molar-refractivity contribution >= 4 is 0 Å². The second-order valence-electron chi connectivity index (χ2n) is 2.94. The van der Waals surface area contributed by atoms with Gasteiger partial charge in [0.15, 0.2) is 0 Å². The molecule has 1 heterocycles. The molecule has 0 aliphatic carbocycles. The third-order valence-corrected chi connectivity index (χ3v) is 2.00. The predicted molar refractivity (Wildman–Crippen MR) is 53.5 cm³/mol. The number of nitrogens with zero attached hydrogens (tertiary/aromatic N) is 2. The molecule has 78 valence electrons. The van der Waals surface area contributed by atoms with E-state index in [-0.39, 0.29) is 0 Å². The molecule has 0 atom stereocenters. The molecular weight excluding hydrogens is 180 g/mol. The Morgan fingerprint density at radius 2 is 2.07 bits per heavy atom. The smallest absolute Gasteiger partial charge is 0.219 e. The predicted octanol–water partition coefficient (Wildman–Crippen LogP) is 1.37. The molecule has 0 aliphatic heterocycles. The van der Waals surface area contributed by atoms with Crippen molar-refractivity contribution in [1.82, 2.24) is 9.97 Å². The van der Waals surface area contributed by atoms with Crippen LogP contribution >= 0.6 is 0 Å². The molecule has 14 heavy (non-hydrogen) atoms. The molecule has 1 rings (SSSR count). The molecule has 0 radical (unpaired) electrons. The first kappa shape index (κ1) is 10.9. The molecule has 0 aromatic carbocycles. The Labute approximate surface area is 84.3 Å². The van der Waals surface area contributed by atoms with Crippen molar-refractivity contribution in [1.29, 1.82) is 0 Å². The highest BCUT2D eigenvalue weighted by molar-refractivity contribution is 5.28. The van der Waals surface area contributed by atoms with Crippen molar-refractivity contribution in [3.63, 3.8) is 0 Å². The van der Waals surface area contributed by atoms with Crippen molar-refractivity contribution in [2.75, 3.05) is 20.3 Å². The Balaban J connectivity index is 2.70. The summed E-state index contributed by atoms with van der Waals surface area (Å²) in [6, 6.07) is 0. The van der Waals surface area contributed by atoms with Gasteiger partial charge in [0, 0.05) is 18.4 Å². The minimum atomic E-state index is 0.528. The van der Waals surface area contributed by atoms with Gasteiger partial charge >= 0.3 is 0 Å². The average Bonchev–Trinajstić information content (AvgIpc) is 2.18. The van der Waals surface area contributed by atoms with Gasteiger partial charge in [-0.1, -0.05) is 6.92 Å². The lowest BCUT2D eigenvalue weighted by Gasteiger charge is -2.09. The number of methoxy groups -OCH3 is 1. The van der Waals surface area contributed by atoms with Crippen LogP contribution in [0.4, 0.5) is 0 Å². The Hall–Kier alpha value is -1.16. The van der Waals surface area contributed by atoms with Crippen LogP contribution in [0.5, 0.6) is 5.88 Å². The van der Waals surface area contributed by atoms with E-state index < -0.39 is 0 Å². The molecule has 0 bridgehead atoms. The Kier molecular flexibility index (Phi) is 4.32. The van der Waals surface area contributed by atoms with Crippen LogP contribution in [0.15, 0.2) is 6.33 Å². The van der Waals surface area contributed by atoms with E-state index in [0.29, 0.717) is 19.1 Å². The quantitative estimate of drug-likeness (QED) is 0.667. The molecule has 0 spiro atoms. The van der Waals surface area contributed by atoms with Gasteiger partial charge in [0.25, 0.3) is 0 Å². The molecule has 0 fully saturated rings. The Morgan fingerprint density at radius 1 is 1.29 bits per heavy atom. The van der Waals surface area contributed by atoms with Crippen LogP contribution in [0.25, 0.3) is 0 Å². The fourth-order valence-electron chi connectivity index (χ4n) is 1.23. The number of ether oxygens (including phenoxy) is 2. The summed E-state index contributed by atoms with van der Waals surface area (Å²) in [5.41, 5.74) is 2.05. The van der Waals surface area contributed by atoms with Gasteiger partial charge in [0.1, 0.15) is 12.9 Å². The third kappa shape index (κ3) is 2.67. The summed E-state index contributed by atoms with van der Waals surface area (Å²) >= 11 is 0. The Bertz CT molecular complexity index is 289. The SMILES string of the molecule is CCc1c(C)ncnc1OCCOC. The van der Waals surface area contributed by atoms with Gasteiger partial charge in [-0.3, -0.25) is 0 Å². The number of rotatable bonds is 5. The lowest BCUT2D eigenvalue weighted by atomic mass is 10.2. The van der Waals surface area contributed by atoms with Crippen LogP contribution in [-0.4, -0.2) is 30.3 Å². The Morgan fingerprint density at radius 3 is 2.71 bits per heavy atom. The van der Waals surface area contributed by atoms with Gasteiger partial charge in [0.05, 0.1) is 6.61 Å². The minimum Gasteiger partial charge on any atom is -0.475 e. The largest absolute Gasteiger partial charge is 0.475 e. The molecule has 0 amide bonds. The van der Waals surface area contributed by atoms with Gasteiger partial charge < -0.3 is 9.47 Å². The first-order chi connectivity index (χ1) is 6.79. The highest BCUT2D eigenvalue weighted by Gasteiger charge is 2.06. The minimum absolute atomic E-state index is 0.528. The summed E-state index contributed by atoms with van der Waals surface area (Å²) < 4.78 is 10.4. The van der Waals surface area contributed by atoms with E-state index in [1.807, 2.05) is 6.92 Å². The zero-order chi connectivity index (χ0) is 10.4. The lowest BCUT2D eigenvalue weighted by molar-refractivity contribution is 0.143. The van der Waals surface area contributed by atoms with Crippen molar-refractivity contribution in [3.8, 4) is 5.88 Å². The summed E-state index contributed by atoms with van der Waals surface area (Å²) in [5.74, 6) is 0.678. The number of aryl methyl sites for hydroxylation is 1. The molecule has 0 aliphatic rings. The van der Waals surface area contributed by atoms with E-state index in [2.05, 4.69) is 16.9 Å². The highest BCUT2D eigenvalue weighted by Crippen LogP contribution is 2.17. The van der Waals surface area contributed by atoms with Gasteiger partial charge in [-0.25, -0.2) is 9.97 Å². The van der Waals surface area contributed by atoms with Crippen molar-refractivity contribution in [2.24, 2.45) is 0 Å². The van der Waals surface area contributed by atoms with Crippen molar-refractivity contribution in [3.05, 3.63) is 17.6 Å². The molecule has 1 aromatic heterocycles. The van der Waals surface area contributed by atoms with E-state index >= 15 is 0 Å². The van der Waals surface area contributed by atoms with E-state index in [0.717, 1.165) is 17.7 Å². The maximum atomic E-state index is 5.47. The van der Waals surface area contributed by atoms with Gasteiger partial charge in [-0.2, -0.15) is 0 Å². The maximum absolute atomic E-state index is 5.47. The second-order valence-corrected chi connectivity index (χ2v) is 2.94. The van der Waals surface area contributed by atoms with Crippen LogP contribution in [0, 0.1) is 6.92 Å². The van der Waals surface area contributed by atoms with Crippen LogP contribution in [-0.2, 0) is 11.2 Å². The fourth-order valence-corrected chi connectivity index (χ4v) is 1.23. The standard InChI is InChI=1S/C10H16N2O2/c1-4-9-8(2)11-7-12-10(9)14-6-5-13-3/h7H,4-6H2,1-3H3. The highest BCUT2D eigenvalue weighted by atomic mass is 16.5. The summed E-state index contributed by atoms with van der Waals surface area (Å²) in [6.07, 6.45) is 2.41. The molecule has 0 saturated heterocycles. The van der Waals surface area contributed by atoms with E-state index in [9.17, 15) is 0 Å². The summed E-state index contributed by atoms with van der Waals surface area (Å²) in [4.78, 5) is 8.21. The molecular formula is C10H16N2O2. The summed E-state index contributed by atoms with van der Waals surface area (Å²) in [5, 5.41) is 0. The monoisotopic (exact) mass is 196 g/mol. The summed E-state index contributed by atoms with van der Waals surface area (Å²) in [7, 11) is 1.65. The van der Waals surface area contributed by atoms with Crippen LogP contribution in [0.1, 0.15) is 18.2 Å². The van der Waals surface area contributed by atoms with Gasteiger partial charge in [-0.15, -0.1) is 0 Å². The number of aromatic nitrogens is 2. The maximum Gasteiger partial charge on any atom is 0.219 e. The number of hydrogen-bond donors (Lipinski definition) is 0. The second kappa shape index (κ2) is 5.54. The fraction of sp³-hybridized carbons (Fsp3) is 0.600. The topological polar surface area (TPSA) is 44.2 Å². The number of hydrogen-bond acceptors (Lipinski definition) is 4. The van der Waals surface area contributed by atoms with Gasteiger partial charge in [-0.05, 0) is 13.3 Å². The normalized spacial score (nSPS) is 10.2. The third-order valence-electron chi connectivity index (χ3n) is 2.00. The molecule has 0 saturated carbocycles. The zero-order valence-electron chi connectivity index (χ0n) is 8.91. The molecule has 0 unspecified atom stereocenters. The molecule has 4 nitrogen and oxygen atoms in total. The molecule has 1 aromatic rings. The first-order valence-corrected chi connectivity index (χ1v) is 4.71. The first-order valence-electron chi connectivity index (χ1n) is 4.71. The summed E-state index contributed by atoms with van der Waals surface area (Å²) in [6.45, 7) is 5.13. The van der Waals surface area contributed by atoms with Crippen molar-refractivity contribution in [2.45, 2.75) is 20.3 Å². The van der Waals surface area contributed by atoms with E-state index in [1.165, 1.54) is 6.33 Å². The van der Waals surface area contributed by atoms with Crippen molar-refractivity contribution < 1.29 is 9.47 Å². The average molecular weight is 196 g/mol. The van der Waals surface area contributed by atoms with E-state index in [1.54, 1.807) is 7.11 Å². The van der Waals surface area contributed by atoms with Crippen LogP contribution < -0.4 is 4.74 Å². The zero-order valence-corrected chi connectivity index (χ0v) is 8.91. The van der Waals surface area contributed by atoms with Crippen LogP contribution in [0.3, 0.4) is 0 Å². The van der Waals surface area contributed by atoms with Crippen LogP contribution in [0.2, 0.25) is 0 Å². The molecule has 4 heteroatoms. The lowest BCUT2D eigenvalue weighted by Crippen LogP contribution is -2.08. The van der Waals surface area contributed by atoms with Gasteiger partial charge in [0.2, 0.25) is 5.88 Å². The van der Waals surface area contributed by atoms with E-state index in [4.69, 9.17) is 9.47 Å².